The number of nitrogens with one attached hydrogen (secondary N) is 1. The van der Waals surface area contributed by atoms with Crippen LogP contribution in [0.5, 0.6) is 0 Å². The predicted octanol–water partition coefficient (Wildman–Crippen LogP) is 3.32. The second-order valence-corrected chi connectivity index (χ2v) is 9.21. The van der Waals surface area contributed by atoms with Crippen LogP contribution in [0.2, 0.25) is 0 Å². The zero-order valence-corrected chi connectivity index (χ0v) is 19.6. The zero-order chi connectivity index (χ0) is 23.2. The summed E-state index contributed by atoms with van der Waals surface area (Å²) in [5, 5.41) is 12.2. The summed E-state index contributed by atoms with van der Waals surface area (Å²) in [4.78, 5) is 32.8. The van der Waals surface area contributed by atoms with Gasteiger partial charge in [0.15, 0.2) is 0 Å². The molecule has 9 heteroatoms. The summed E-state index contributed by atoms with van der Waals surface area (Å²) in [6.07, 6.45) is 5.38. The Morgan fingerprint density at radius 3 is 2.67 bits per heavy atom. The second-order valence-electron chi connectivity index (χ2n) is 7.53. The molecule has 170 valence electrons. The van der Waals surface area contributed by atoms with Crippen LogP contribution in [0.1, 0.15) is 24.0 Å². The highest BCUT2D eigenvalue weighted by molar-refractivity contribution is 8.26. The monoisotopic (exact) mass is 480 g/mol. The number of anilines is 1. The fourth-order valence-electron chi connectivity index (χ4n) is 3.56. The van der Waals surface area contributed by atoms with Crippen molar-refractivity contribution in [2.45, 2.75) is 19.3 Å². The lowest BCUT2D eigenvalue weighted by Crippen LogP contribution is -2.29. The number of amides is 1. The van der Waals surface area contributed by atoms with Crippen LogP contribution in [0.15, 0.2) is 64.4 Å². The summed E-state index contributed by atoms with van der Waals surface area (Å²) >= 11 is 6.65. The molecule has 1 aliphatic rings. The van der Waals surface area contributed by atoms with Gasteiger partial charge in [-0.15, -0.1) is 0 Å². The Balaban J connectivity index is 1.58. The molecule has 2 N–H and O–H groups in total. The van der Waals surface area contributed by atoms with Gasteiger partial charge in [-0.1, -0.05) is 60.4 Å². The van der Waals surface area contributed by atoms with Gasteiger partial charge in [-0.2, -0.15) is 0 Å². The molecule has 0 spiro atoms. The topological polar surface area (TPSA) is 86.9 Å². The Labute approximate surface area is 201 Å². The molecule has 0 unspecified atom stereocenters. The molecule has 0 aliphatic carbocycles. The summed E-state index contributed by atoms with van der Waals surface area (Å²) in [5.41, 5.74) is 1.73. The van der Waals surface area contributed by atoms with Crippen molar-refractivity contribution in [2.24, 2.45) is 0 Å². The largest absolute Gasteiger partial charge is 0.396 e. The molecule has 1 aliphatic heterocycles. The number of hydrogen-bond donors (Lipinski definition) is 2. The van der Waals surface area contributed by atoms with Crippen molar-refractivity contribution in [3.8, 4) is 0 Å². The van der Waals surface area contributed by atoms with Crippen molar-refractivity contribution < 1.29 is 9.90 Å². The van der Waals surface area contributed by atoms with Crippen LogP contribution in [-0.2, 0) is 11.2 Å². The number of nitrogens with zero attached hydrogens (tertiary/aromatic N) is 3. The number of benzene rings is 1. The number of carbonyl (C=O) groups excluding carboxylic acids is 1. The maximum Gasteiger partial charge on any atom is 0.267 e. The average molecular weight is 481 g/mol. The summed E-state index contributed by atoms with van der Waals surface area (Å²) in [6, 6.07) is 15.4. The maximum atomic E-state index is 13.2. The minimum Gasteiger partial charge on any atom is -0.396 e. The van der Waals surface area contributed by atoms with Gasteiger partial charge in [0.05, 0.1) is 10.5 Å². The van der Waals surface area contributed by atoms with E-state index in [1.165, 1.54) is 21.7 Å². The summed E-state index contributed by atoms with van der Waals surface area (Å²) in [6.45, 7) is 0.997. The van der Waals surface area contributed by atoms with Gasteiger partial charge in [-0.05, 0) is 43.0 Å². The van der Waals surface area contributed by atoms with Crippen LogP contribution in [0, 0.1) is 0 Å². The fourth-order valence-corrected chi connectivity index (χ4v) is 4.85. The second kappa shape index (κ2) is 10.7. The molecule has 1 aromatic carbocycles. The van der Waals surface area contributed by atoms with E-state index in [1.807, 2.05) is 18.2 Å². The van der Waals surface area contributed by atoms with Gasteiger partial charge in [-0.25, -0.2) is 4.98 Å². The van der Waals surface area contributed by atoms with Crippen LogP contribution in [0.3, 0.4) is 0 Å². The summed E-state index contributed by atoms with van der Waals surface area (Å²) in [7, 11) is 0. The predicted molar refractivity (Wildman–Crippen MR) is 136 cm³/mol. The van der Waals surface area contributed by atoms with Gasteiger partial charge in [0.1, 0.15) is 15.8 Å². The first-order valence-corrected chi connectivity index (χ1v) is 12.0. The standard InChI is InChI=1S/C24H24N4O3S2/c29-15-7-12-25-21-18(22(30)27-13-5-4-11-20(27)26-21)16-19-23(31)28(24(32)33-19)14-6-10-17-8-2-1-3-9-17/h1-5,8-9,11,13,16,25,29H,6-7,10,12,14-15H2. The third-order valence-electron chi connectivity index (χ3n) is 5.24. The molecule has 1 saturated heterocycles. The Hall–Kier alpha value is -3.01. The lowest BCUT2D eigenvalue weighted by Gasteiger charge is -2.14. The van der Waals surface area contributed by atoms with Crippen molar-refractivity contribution in [2.75, 3.05) is 25.0 Å². The minimum atomic E-state index is -0.276. The van der Waals surface area contributed by atoms with E-state index < -0.39 is 0 Å². The third-order valence-corrected chi connectivity index (χ3v) is 6.61. The molecule has 3 aromatic rings. The molecule has 0 atom stereocenters. The molecular formula is C24H24N4O3S2. The zero-order valence-electron chi connectivity index (χ0n) is 17.9. The molecule has 3 heterocycles. The maximum absolute atomic E-state index is 13.2. The van der Waals surface area contributed by atoms with E-state index >= 15 is 0 Å². The van der Waals surface area contributed by atoms with Crippen molar-refractivity contribution in [1.29, 1.82) is 0 Å². The number of thiocarbonyl (C=S) groups is 1. The normalized spacial score (nSPS) is 15.1. The van der Waals surface area contributed by atoms with E-state index in [0.717, 1.165) is 12.8 Å². The highest BCUT2D eigenvalue weighted by Crippen LogP contribution is 2.33. The smallest absolute Gasteiger partial charge is 0.267 e. The van der Waals surface area contributed by atoms with E-state index in [2.05, 4.69) is 22.4 Å². The molecule has 2 aromatic heterocycles. The Bertz CT molecular complexity index is 1260. The first-order valence-electron chi connectivity index (χ1n) is 10.7. The molecule has 0 bridgehead atoms. The molecule has 7 nitrogen and oxygen atoms in total. The molecule has 4 rings (SSSR count). The lowest BCUT2D eigenvalue weighted by atomic mass is 10.1. The number of rotatable bonds is 9. The number of fused-ring (bicyclic) bond motifs is 1. The summed E-state index contributed by atoms with van der Waals surface area (Å²) in [5.74, 6) is 0.186. The first kappa shape index (κ1) is 23.2. The molecule has 0 saturated carbocycles. The molecule has 33 heavy (non-hydrogen) atoms. The minimum absolute atomic E-state index is 0.0243. The van der Waals surface area contributed by atoms with Crippen LogP contribution in [0.25, 0.3) is 11.7 Å². The molecule has 1 amide bonds. The number of hydrogen-bond acceptors (Lipinski definition) is 7. The lowest BCUT2D eigenvalue weighted by molar-refractivity contribution is -0.122. The number of aliphatic hydroxyl groups is 1. The van der Waals surface area contributed by atoms with E-state index in [1.54, 1.807) is 35.4 Å². The summed E-state index contributed by atoms with van der Waals surface area (Å²) < 4.78 is 1.94. The first-order chi connectivity index (χ1) is 16.1. The SMILES string of the molecule is O=C1C(=Cc2c(NCCCO)nc3ccccn3c2=O)SC(=S)N1CCCc1ccccc1. The Morgan fingerprint density at radius 1 is 1.09 bits per heavy atom. The van der Waals surface area contributed by atoms with Crippen molar-refractivity contribution in [1.82, 2.24) is 14.3 Å². The quantitative estimate of drug-likeness (QED) is 0.276. The average Bonchev–Trinajstić information content (AvgIpc) is 3.09. The van der Waals surface area contributed by atoms with Crippen LogP contribution >= 0.6 is 24.0 Å². The van der Waals surface area contributed by atoms with Gasteiger partial charge >= 0.3 is 0 Å². The molecular weight excluding hydrogens is 456 g/mol. The van der Waals surface area contributed by atoms with Crippen molar-refractivity contribution in [3.05, 3.63) is 81.1 Å². The van der Waals surface area contributed by atoms with E-state index in [0.29, 0.717) is 45.8 Å². The molecule has 1 fully saturated rings. The van der Waals surface area contributed by atoms with Gasteiger partial charge in [0.25, 0.3) is 11.5 Å². The number of carbonyl (C=O) groups is 1. The van der Waals surface area contributed by atoms with Crippen molar-refractivity contribution in [3.63, 3.8) is 0 Å². The third kappa shape index (κ3) is 5.32. The van der Waals surface area contributed by atoms with Crippen LogP contribution in [0.4, 0.5) is 5.82 Å². The van der Waals surface area contributed by atoms with Gasteiger partial charge in [-0.3, -0.25) is 18.9 Å². The number of aliphatic hydroxyl groups excluding tert-OH is 1. The van der Waals surface area contributed by atoms with E-state index in [9.17, 15) is 9.59 Å². The van der Waals surface area contributed by atoms with E-state index in [4.69, 9.17) is 17.3 Å². The Kier molecular flexibility index (Phi) is 7.54. The number of aromatic nitrogens is 2. The molecule has 0 radical (unpaired) electrons. The van der Waals surface area contributed by atoms with E-state index in [-0.39, 0.29) is 18.1 Å². The van der Waals surface area contributed by atoms with Crippen LogP contribution in [-0.4, -0.2) is 49.3 Å². The highest BCUT2D eigenvalue weighted by atomic mass is 32.2. The number of pyridine rings is 1. The Morgan fingerprint density at radius 2 is 1.88 bits per heavy atom. The van der Waals surface area contributed by atoms with Gasteiger partial charge in [0, 0.05) is 25.9 Å². The van der Waals surface area contributed by atoms with Crippen LogP contribution < -0.4 is 10.9 Å². The highest BCUT2D eigenvalue weighted by Gasteiger charge is 2.32. The fraction of sp³-hybridized carbons (Fsp3) is 0.250. The number of aryl methyl sites for hydroxylation is 1. The van der Waals surface area contributed by atoms with Gasteiger partial charge < -0.3 is 10.4 Å². The number of thioether (sulfide) groups is 1. The van der Waals surface area contributed by atoms with Gasteiger partial charge in [0.2, 0.25) is 0 Å². The van der Waals surface area contributed by atoms with Crippen molar-refractivity contribution >= 4 is 51.7 Å².